The Hall–Kier alpha value is -3.07. The van der Waals surface area contributed by atoms with Crippen molar-refractivity contribution in [2.75, 3.05) is 25.5 Å². The third-order valence-corrected chi connectivity index (χ3v) is 7.66. The van der Waals surface area contributed by atoms with Gasteiger partial charge in [-0.2, -0.15) is 0 Å². The fourth-order valence-corrected chi connectivity index (χ4v) is 5.86. The molecule has 1 unspecified atom stereocenters. The van der Waals surface area contributed by atoms with Crippen molar-refractivity contribution in [3.05, 3.63) is 74.6 Å². The third kappa shape index (κ3) is 4.13. The molecule has 0 saturated carbocycles. The Morgan fingerprint density at radius 3 is 2.79 bits per heavy atom. The van der Waals surface area contributed by atoms with Gasteiger partial charge in [-0.25, -0.2) is 4.79 Å². The van der Waals surface area contributed by atoms with Gasteiger partial charge in [-0.3, -0.25) is 9.69 Å². The van der Waals surface area contributed by atoms with E-state index in [1.54, 1.807) is 53.8 Å². The van der Waals surface area contributed by atoms with Crippen LogP contribution < -0.4 is 20.1 Å². The molecule has 2 aliphatic rings. The fraction of sp³-hybridized carbons (Fsp3) is 0.280. The molecule has 34 heavy (non-hydrogen) atoms. The molecule has 0 saturated heterocycles. The van der Waals surface area contributed by atoms with Crippen LogP contribution in [0.5, 0.6) is 11.5 Å². The molecule has 1 amide bonds. The topological polar surface area (TPSA) is 79.9 Å². The van der Waals surface area contributed by atoms with Gasteiger partial charge in [0.1, 0.15) is 11.2 Å². The standard InChI is InChI=1S/C25H24ClN3O4S/c1-3-29-11-10-16-20(13-29)34-24-21(16)23(30)27-22(28-24)14-8-9-18(19(12-14)32-2)33-25(31)15-6-4-5-7-17(15)26/h4-9,12,22,28H,3,10-11,13H2,1-2H3,(H,27,30). The largest absolute Gasteiger partial charge is 0.493 e. The molecule has 0 spiro atoms. The molecule has 5 rings (SSSR count). The number of rotatable bonds is 5. The van der Waals surface area contributed by atoms with Gasteiger partial charge in [0.05, 0.1) is 23.3 Å². The number of ether oxygens (including phenoxy) is 2. The molecule has 3 heterocycles. The zero-order valence-electron chi connectivity index (χ0n) is 18.8. The maximum Gasteiger partial charge on any atom is 0.345 e. The highest BCUT2D eigenvalue weighted by molar-refractivity contribution is 7.16. The predicted octanol–water partition coefficient (Wildman–Crippen LogP) is 4.86. The van der Waals surface area contributed by atoms with Crippen molar-refractivity contribution in [1.82, 2.24) is 10.2 Å². The van der Waals surface area contributed by atoms with Crippen molar-refractivity contribution in [3.8, 4) is 11.5 Å². The Morgan fingerprint density at radius 1 is 1.21 bits per heavy atom. The minimum absolute atomic E-state index is 0.0746. The number of methoxy groups -OCH3 is 1. The number of esters is 1. The average molecular weight is 498 g/mol. The van der Waals surface area contributed by atoms with Crippen LogP contribution in [0.2, 0.25) is 5.02 Å². The van der Waals surface area contributed by atoms with E-state index in [0.29, 0.717) is 10.8 Å². The van der Waals surface area contributed by atoms with Crippen molar-refractivity contribution >= 4 is 39.8 Å². The summed E-state index contributed by atoms with van der Waals surface area (Å²) < 4.78 is 11.0. The summed E-state index contributed by atoms with van der Waals surface area (Å²) in [6, 6.07) is 11.9. The van der Waals surface area contributed by atoms with Gasteiger partial charge in [0.2, 0.25) is 0 Å². The molecule has 1 aromatic heterocycles. The van der Waals surface area contributed by atoms with E-state index in [9.17, 15) is 9.59 Å². The van der Waals surface area contributed by atoms with Gasteiger partial charge >= 0.3 is 5.97 Å². The Bertz CT molecular complexity index is 1280. The van der Waals surface area contributed by atoms with Crippen LogP contribution >= 0.6 is 22.9 Å². The number of carbonyl (C=O) groups is 2. The van der Waals surface area contributed by atoms with Crippen LogP contribution in [0.4, 0.5) is 5.00 Å². The maximum absolute atomic E-state index is 13.0. The average Bonchev–Trinajstić information content (AvgIpc) is 3.22. The summed E-state index contributed by atoms with van der Waals surface area (Å²) in [5.41, 5.74) is 2.99. The minimum atomic E-state index is -0.573. The van der Waals surface area contributed by atoms with Gasteiger partial charge in [0.15, 0.2) is 11.5 Å². The van der Waals surface area contributed by atoms with Crippen molar-refractivity contribution in [2.24, 2.45) is 0 Å². The van der Waals surface area contributed by atoms with E-state index >= 15 is 0 Å². The molecule has 3 aromatic rings. The summed E-state index contributed by atoms with van der Waals surface area (Å²) >= 11 is 7.77. The zero-order valence-corrected chi connectivity index (χ0v) is 20.4. The Morgan fingerprint density at radius 2 is 2.03 bits per heavy atom. The van der Waals surface area contributed by atoms with E-state index in [-0.39, 0.29) is 17.2 Å². The van der Waals surface area contributed by atoms with Crippen LogP contribution in [-0.4, -0.2) is 37.0 Å². The highest BCUT2D eigenvalue weighted by atomic mass is 35.5. The Balaban J connectivity index is 1.38. The maximum atomic E-state index is 13.0. The van der Waals surface area contributed by atoms with Crippen molar-refractivity contribution in [2.45, 2.75) is 26.1 Å². The fourth-order valence-electron chi connectivity index (χ4n) is 4.33. The van der Waals surface area contributed by atoms with Gasteiger partial charge in [-0.1, -0.05) is 36.7 Å². The number of amides is 1. The number of anilines is 1. The van der Waals surface area contributed by atoms with Crippen LogP contribution in [-0.2, 0) is 13.0 Å². The van der Waals surface area contributed by atoms with Gasteiger partial charge in [-0.15, -0.1) is 11.3 Å². The molecule has 176 valence electrons. The van der Waals surface area contributed by atoms with Crippen LogP contribution in [0, 0.1) is 0 Å². The molecule has 2 aromatic carbocycles. The molecule has 9 heteroatoms. The number of halogens is 1. The monoisotopic (exact) mass is 497 g/mol. The number of nitrogens with zero attached hydrogens (tertiary/aromatic N) is 1. The third-order valence-electron chi connectivity index (χ3n) is 6.18. The SMILES string of the molecule is CCN1CCc2c(sc3c2C(=O)NC(c2ccc(OC(=O)c4ccccc4Cl)c(OC)c2)N3)C1. The molecule has 2 N–H and O–H groups in total. The second-order valence-corrected chi connectivity index (χ2v) is 9.67. The first-order valence-electron chi connectivity index (χ1n) is 11.1. The lowest BCUT2D eigenvalue weighted by molar-refractivity contribution is 0.0729. The van der Waals surface area contributed by atoms with Gasteiger partial charge in [0.25, 0.3) is 5.91 Å². The molecule has 0 fully saturated rings. The Labute approximate surface area is 206 Å². The quantitative estimate of drug-likeness (QED) is 0.387. The number of nitrogens with one attached hydrogen (secondary N) is 2. The zero-order chi connectivity index (χ0) is 23.8. The number of carbonyl (C=O) groups excluding carboxylic acids is 2. The molecule has 0 aliphatic carbocycles. The summed E-state index contributed by atoms with van der Waals surface area (Å²) in [6.07, 6.45) is 0.457. The lowest BCUT2D eigenvalue weighted by Gasteiger charge is -2.28. The highest BCUT2D eigenvalue weighted by Gasteiger charge is 2.33. The molecule has 0 bridgehead atoms. The first-order valence-corrected chi connectivity index (χ1v) is 12.3. The normalized spacial score (nSPS) is 17.3. The summed E-state index contributed by atoms with van der Waals surface area (Å²) in [5.74, 6) is -0.000820. The smallest absolute Gasteiger partial charge is 0.345 e. The second kappa shape index (κ2) is 9.29. The number of hydrogen-bond acceptors (Lipinski definition) is 7. The van der Waals surface area contributed by atoms with Crippen LogP contribution in [0.1, 0.15) is 49.8 Å². The summed E-state index contributed by atoms with van der Waals surface area (Å²) in [7, 11) is 1.50. The van der Waals surface area contributed by atoms with E-state index in [1.165, 1.54) is 12.0 Å². The van der Waals surface area contributed by atoms with Gasteiger partial charge in [0, 0.05) is 18.0 Å². The number of thiophene rings is 1. The summed E-state index contributed by atoms with van der Waals surface area (Å²) in [5, 5.41) is 7.73. The van der Waals surface area contributed by atoms with E-state index in [2.05, 4.69) is 22.5 Å². The molecule has 1 atom stereocenters. The number of hydrogen-bond donors (Lipinski definition) is 2. The van der Waals surface area contributed by atoms with Crippen molar-refractivity contribution in [3.63, 3.8) is 0 Å². The van der Waals surface area contributed by atoms with E-state index in [4.69, 9.17) is 21.1 Å². The summed E-state index contributed by atoms with van der Waals surface area (Å²) in [6.45, 7) is 5.00. The Kier molecular flexibility index (Phi) is 6.20. The number of likely N-dealkylation sites (N-methyl/N-ethyl adjacent to an activating group) is 1. The van der Waals surface area contributed by atoms with E-state index in [0.717, 1.165) is 47.7 Å². The van der Waals surface area contributed by atoms with Crippen LogP contribution in [0.3, 0.4) is 0 Å². The molecular formula is C25H24ClN3O4S. The van der Waals surface area contributed by atoms with Gasteiger partial charge < -0.3 is 20.1 Å². The first-order chi connectivity index (χ1) is 16.5. The predicted molar refractivity (Wildman–Crippen MR) is 132 cm³/mol. The number of benzene rings is 2. The van der Waals surface area contributed by atoms with Crippen LogP contribution in [0.15, 0.2) is 42.5 Å². The lowest BCUT2D eigenvalue weighted by atomic mass is 10.0. The summed E-state index contributed by atoms with van der Waals surface area (Å²) in [4.78, 5) is 29.2. The van der Waals surface area contributed by atoms with E-state index < -0.39 is 12.1 Å². The van der Waals surface area contributed by atoms with Crippen LogP contribution in [0.25, 0.3) is 0 Å². The lowest BCUT2D eigenvalue weighted by Crippen LogP contribution is -2.38. The second-order valence-electron chi connectivity index (χ2n) is 8.16. The molecular weight excluding hydrogens is 474 g/mol. The molecule has 7 nitrogen and oxygen atoms in total. The van der Waals surface area contributed by atoms with E-state index in [1.807, 2.05) is 0 Å². The van der Waals surface area contributed by atoms with Crippen molar-refractivity contribution < 1.29 is 19.1 Å². The minimum Gasteiger partial charge on any atom is -0.493 e. The first kappa shape index (κ1) is 22.7. The van der Waals surface area contributed by atoms with Crippen molar-refractivity contribution in [1.29, 1.82) is 0 Å². The highest BCUT2D eigenvalue weighted by Crippen LogP contribution is 2.41. The molecule has 0 radical (unpaired) electrons. The molecule has 2 aliphatic heterocycles. The number of fused-ring (bicyclic) bond motifs is 3. The van der Waals surface area contributed by atoms with Gasteiger partial charge in [-0.05, 0) is 48.4 Å².